The highest BCUT2D eigenvalue weighted by molar-refractivity contribution is 5.95. The molecule has 1 saturated heterocycles. The minimum Gasteiger partial charge on any atom is -0.435 e. The molecule has 18 heavy (non-hydrogen) atoms. The van der Waals surface area contributed by atoms with E-state index in [-0.39, 0.29) is 30.6 Å². The van der Waals surface area contributed by atoms with Crippen LogP contribution in [0.4, 0.5) is 14.5 Å². The van der Waals surface area contributed by atoms with Gasteiger partial charge >= 0.3 is 6.61 Å². The molecule has 1 fully saturated rings. The maximum atomic E-state index is 12.1. The number of hydrogen-bond donors (Lipinski definition) is 1. The largest absolute Gasteiger partial charge is 0.435 e. The first kappa shape index (κ1) is 12.8. The molecule has 4 nitrogen and oxygen atoms in total. The van der Waals surface area contributed by atoms with E-state index in [2.05, 4.69) is 4.74 Å². The minimum atomic E-state index is -2.89. The lowest BCUT2D eigenvalue weighted by molar-refractivity contribution is -0.117. The lowest BCUT2D eigenvalue weighted by Gasteiger charge is -2.17. The molecule has 1 unspecified atom stereocenters. The summed E-state index contributed by atoms with van der Waals surface area (Å²) >= 11 is 0. The van der Waals surface area contributed by atoms with Gasteiger partial charge < -0.3 is 14.7 Å². The van der Waals surface area contributed by atoms with Crippen LogP contribution in [0.1, 0.15) is 6.42 Å². The maximum Gasteiger partial charge on any atom is 0.387 e. The summed E-state index contributed by atoms with van der Waals surface area (Å²) in [6.07, 6.45) is 0.274. The third-order valence-corrected chi connectivity index (χ3v) is 2.82. The molecule has 1 aromatic carbocycles. The van der Waals surface area contributed by atoms with Crippen LogP contribution in [0.25, 0.3) is 0 Å². The quantitative estimate of drug-likeness (QED) is 0.892. The molecule has 1 aliphatic rings. The summed E-state index contributed by atoms with van der Waals surface area (Å²) in [5, 5.41) is 9.02. The van der Waals surface area contributed by atoms with Crippen molar-refractivity contribution in [3.05, 3.63) is 24.3 Å². The van der Waals surface area contributed by atoms with Gasteiger partial charge in [-0.25, -0.2) is 0 Å². The summed E-state index contributed by atoms with van der Waals surface area (Å²) in [7, 11) is 0. The van der Waals surface area contributed by atoms with Crippen molar-refractivity contribution in [3.8, 4) is 5.75 Å². The average molecular weight is 257 g/mol. The van der Waals surface area contributed by atoms with Gasteiger partial charge in [-0.2, -0.15) is 8.78 Å². The van der Waals surface area contributed by atoms with Crippen LogP contribution in [0.3, 0.4) is 0 Å². The Morgan fingerprint density at radius 1 is 1.50 bits per heavy atom. The van der Waals surface area contributed by atoms with Gasteiger partial charge in [0.1, 0.15) is 5.75 Å². The van der Waals surface area contributed by atoms with Gasteiger partial charge in [0.15, 0.2) is 0 Å². The van der Waals surface area contributed by atoms with Gasteiger partial charge in [-0.15, -0.1) is 0 Å². The highest BCUT2D eigenvalue weighted by atomic mass is 19.3. The van der Waals surface area contributed by atoms with Crippen molar-refractivity contribution in [3.63, 3.8) is 0 Å². The third kappa shape index (κ3) is 2.76. The standard InChI is InChI=1S/C12H13F2NO3/c13-12(14)18-10-3-1-2-9(5-10)15-6-8(7-16)4-11(15)17/h1-3,5,8,12,16H,4,6-7H2. The predicted molar refractivity (Wildman–Crippen MR) is 60.6 cm³/mol. The zero-order chi connectivity index (χ0) is 13.1. The monoisotopic (exact) mass is 257 g/mol. The number of halogens is 2. The van der Waals surface area contributed by atoms with E-state index in [0.717, 1.165) is 0 Å². The number of benzene rings is 1. The number of carbonyl (C=O) groups is 1. The van der Waals surface area contributed by atoms with Crippen molar-refractivity contribution in [1.29, 1.82) is 0 Å². The number of carbonyl (C=O) groups excluding carboxylic acids is 1. The fourth-order valence-electron chi connectivity index (χ4n) is 1.98. The number of anilines is 1. The Bertz CT molecular complexity index is 439. The van der Waals surface area contributed by atoms with Crippen LogP contribution < -0.4 is 9.64 Å². The molecule has 2 rings (SSSR count). The summed E-state index contributed by atoms with van der Waals surface area (Å²) in [6, 6.07) is 5.99. The summed E-state index contributed by atoms with van der Waals surface area (Å²) in [4.78, 5) is 13.2. The Labute approximate surface area is 103 Å². The molecule has 1 N–H and O–H groups in total. The van der Waals surface area contributed by atoms with Gasteiger partial charge in [-0.3, -0.25) is 4.79 Å². The number of aliphatic hydroxyl groups excluding tert-OH is 1. The van der Waals surface area contributed by atoms with Crippen LogP contribution in [0.15, 0.2) is 24.3 Å². The summed E-state index contributed by atoms with van der Waals surface area (Å²) in [6.45, 7) is -2.55. The third-order valence-electron chi connectivity index (χ3n) is 2.82. The van der Waals surface area contributed by atoms with Gasteiger partial charge in [0.05, 0.1) is 0 Å². The Morgan fingerprint density at radius 2 is 2.28 bits per heavy atom. The SMILES string of the molecule is O=C1CC(CO)CN1c1cccc(OC(F)F)c1. The van der Waals surface area contributed by atoms with Crippen molar-refractivity contribution in [2.75, 3.05) is 18.1 Å². The number of alkyl halides is 2. The second-order valence-electron chi connectivity index (χ2n) is 4.13. The van der Waals surface area contributed by atoms with Crippen molar-refractivity contribution in [1.82, 2.24) is 0 Å². The molecule has 1 heterocycles. The molecule has 1 aromatic rings. The molecule has 0 radical (unpaired) electrons. The first-order valence-corrected chi connectivity index (χ1v) is 5.56. The molecule has 0 aliphatic carbocycles. The maximum absolute atomic E-state index is 12.1. The molecular formula is C12H13F2NO3. The Kier molecular flexibility index (Phi) is 3.76. The van der Waals surface area contributed by atoms with E-state index < -0.39 is 6.61 Å². The Balaban J connectivity index is 2.16. The van der Waals surface area contributed by atoms with Crippen molar-refractivity contribution < 1.29 is 23.4 Å². The van der Waals surface area contributed by atoms with E-state index in [0.29, 0.717) is 12.2 Å². The predicted octanol–water partition coefficient (Wildman–Crippen LogP) is 1.63. The fraction of sp³-hybridized carbons (Fsp3) is 0.417. The van der Waals surface area contributed by atoms with Gasteiger partial charge in [0.2, 0.25) is 5.91 Å². The van der Waals surface area contributed by atoms with Gasteiger partial charge in [-0.05, 0) is 12.1 Å². The van der Waals surface area contributed by atoms with E-state index in [9.17, 15) is 13.6 Å². The van der Waals surface area contributed by atoms with E-state index >= 15 is 0 Å². The minimum absolute atomic E-state index is 0.0164. The van der Waals surface area contributed by atoms with E-state index in [4.69, 9.17) is 5.11 Å². The number of ether oxygens (including phenoxy) is 1. The lowest BCUT2D eigenvalue weighted by atomic mass is 10.1. The topological polar surface area (TPSA) is 49.8 Å². The first-order chi connectivity index (χ1) is 8.60. The number of aliphatic hydroxyl groups is 1. The second-order valence-corrected chi connectivity index (χ2v) is 4.13. The average Bonchev–Trinajstić information content (AvgIpc) is 2.70. The molecule has 1 aliphatic heterocycles. The lowest BCUT2D eigenvalue weighted by Crippen LogP contribution is -2.24. The van der Waals surface area contributed by atoms with Crippen molar-refractivity contribution in [2.24, 2.45) is 5.92 Å². The van der Waals surface area contributed by atoms with E-state index in [1.165, 1.54) is 17.0 Å². The smallest absolute Gasteiger partial charge is 0.387 e. The van der Waals surface area contributed by atoms with Crippen LogP contribution in [0.2, 0.25) is 0 Å². The number of rotatable bonds is 4. The summed E-state index contributed by atoms with van der Waals surface area (Å²) in [5.74, 6) is -0.205. The number of hydrogen-bond acceptors (Lipinski definition) is 3. The number of amides is 1. The molecule has 0 bridgehead atoms. The van der Waals surface area contributed by atoms with Crippen LogP contribution >= 0.6 is 0 Å². The zero-order valence-corrected chi connectivity index (χ0v) is 9.55. The summed E-state index contributed by atoms with van der Waals surface area (Å²) in [5.41, 5.74) is 0.508. The Morgan fingerprint density at radius 3 is 2.89 bits per heavy atom. The van der Waals surface area contributed by atoms with Crippen molar-refractivity contribution in [2.45, 2.75) is 13.0 Å². The van der Waals surface area contributed by atoms with Gasteiger partial charge in [0, 0.05) is 37.2 Å². The van der Waals surface area contributed by atoms with E-state index in [1.54, 1.807) is 12.1 Å². The molecule has 0 spiro atoms. The molecule has 6 heteroatoms. The molecule has 1 atom stereocenters. The molecule has 98 valence electrons. The number of nitrogens with zero attached hydrogens (tertiary/aromatic N) is 1. The molecular weight excluding hydrogens is 244 g/mol. The van der Waals surface area contributed by atoms with E-state index in [1.807, 2.05) is 0 Å². The summed E-state index contributed by atoms with van der Waals surface area (Å²) < 4.78 is 28.5. The molecule has 0 saturated carbocycles. The second kappa shape index (κ2) is 5.30. The van der Waals surface area contributed by atoms with Crippen LogP contribution in [0, 0.1) is 5.92 Å². The fourth-order valence-corrected chi connectivity index (χ4v) is 1.98. The first-order valence-electron chi connectivity index (χ1n) is 5.56. The van der Waals surface area contributed by atoms with Crippen molar-refractivity contribution >= 4 is 11.6 Å². The van der Waals surface area contributed by atoms with Gasteiger partial charge in [-0.1, -0.05) is 6.07 Å². The zero-order valence-electron chi connectivity index (χ0n) is 9.55. The molecule has 0 aromatic heterocycles. The van der Waals surface area contributed by atoms with Crippen LogP contribution in [-0.2, 0) is 4.79 Å². The van der Waals surface area contributed by atoms with Crippen LogP contribution in [0.5, 0.6) is 5.75 Å². The highest BCUT2D eigenvalue weighted by Crippen LogP contribution is 2.28. The highest BCUT2D eigenvalue weighted by Gasteiger charge is 2.30. The Hall–Kier alpha value is -1.69. The van der Waals surface area contributed by atoms with Crippen LogP contribution in [-0.4, -0.2) is 30.8 Å². The normalized spacial score (nSPS) is 19.7. The molecule has 1 amide bonds. The van der Waals surface area contributed by atoms with Gasteiger partial charge in [0.25, 0.3) is 0 Å².